The number of hydrogen-bond donors (Lipinski definition) is 1. The van der Waals surface area contributed by atoms with Crippen LogP contribution in [0, 0.1) is 0 Å². The molecule has 0 bridgehead atoms. The zero-order valence-electron chi connectivity index (χ0n) is 19.3. The fraction of sp³-hybridized carbons (Fsp3) is 0.478. The van der Waals surface area contributed by atoms with Crippen LogP contribution < -0.4 is 5.32 Å². The maximum Gasteiger partial charge on any atom is 0.341 e. The molecule has 0 atom stereocenters. The number of benzene rings is 1. The van der Waals surface area contributed by atoms with Gasteiger partial charge in [0.2, 0.25) is 10.0 Å². The third-order valence-electron chi connectivity index (χ3n) is 6.02. The molecule has 1 saturated heterocycles. The number of esters is 1. The van der Waals surface area contributed by atoms with E-state index in [0.717, 1.165) is 42.7 Å². The van der Waals surface area contributed by atoms with Crippen molar-refractivity contribution in [3.05, 3.63) is 45.8 Å². The molecule has 0 unspecified atom stereocenters. The van der Waals surface area contributed by atoms with Crippen LogP contribution in [0.3, 0.4) is 0 Å². The highest BCUT2D eigenvalue weighted by Gasteiger charge is 2.29. The van der Waals surface area contributed by atoms with Crippen molar-refractivity contribution >= 4 is 50.6 Å². The summed E-state index contributed by atoms with van der Waals surface area (Å²) >= 11 is 1.39. The van der Waals surface area contributed by atoms with Crippen molar-refractivity contribution in [3.8, 4) is 0 Å². The molecule has 11 heteroatoms. The molecule has 1 aromatic heterocycles. The first-order valence-electron chi connectivity index (χ1n) is 11.2. The first-order valence-corrected chi connectivity index (χ1v) is 13.5. The lowest BCUT2D eigenvalue weighted by Crippen LogP contribution is -2.35. The standard InChI is InChI=1S/C23H29N3O5S2.ClH/c1-3-31-23(28)20-18-11-14-25(2)15-19(18)32-22(20)24-21(27)16-7-9-17(10-8-16)33(29,30)26-12-5-4-6-13-26;/h7-10H,3-6,11-15H2,1-2H3,(H,24,27);1H. The number of nitrogens with zero attached hydrogens (tertiary/aromatic N) is 2. The summed E-state index contributed by atoms with van der Waals surface area (Å²) in [5.74, 6) is -0.827. The first kappa shape index (κ1) is 26.6. The Morgan fingerprint density at radius 2 is 1.76 bits per heavy atom. The average Bonchev–Trinajstić information content (AvgIpc) is 3.16. The highest BCUT2D eigenvalue weighted by molar-refractivity contribution is 7.89. The minimum absolute atomic E-state index is 0. The van der Waals surface area contributed by atoms with Crippen LogP contribution in [-0.2, 0) is 27.7 Å². The van der Waals surface area contributed by atoms with Gasteiger partial charge in [0.15, 0.2) is 0 Å². The van der Waals surface area contributed by atoms with Crippen LogP contribution in [-0.4, -0.2) is 62.8 Å². The molecular formula is C23H30ClN3O5S2. The second-order valence-corrected chi connectivity index (χ2v) is 11.4. The van der Waals surface area contributed by atoms with E-state index in [1.54, 1.807) is 6.92 Å². The van der Waals surface area contributed by atoms with Crippen LogP contribution in [0.2, 0.25) is 0 Å². The lowest BCUT2D eigenvalue weighted by Gasteiger charge is -2.25. The minimum atomic E-state index is -3.56. The van der Waals surface area contributed by atoms with E-state index in [4.69, 9.17) is 4.74 Å². The number of sulfonamides is 1. The number of carbonyl (C=O) groups excluding carboxylic acids is 2. The Morgan fingerprint density at radius 1 is 1.09 bits per heavy atom. The predicted molar refractivity (Wildman–Crippen MR) is 135 cm³/mol. The normalized spacial score (nSPS) is 16.9. The molecule has 0 saturated carbocycles. The third kappa shape index (κ3) is 5.46. The number of halogens is 1. The van der Waals surface area contributed by atoms with Crippen molar-refractivity contribution < 1.29 is 22.7 Å². The molecule has 0 spiro atoms. The SMILES string of the molecule is CCOC(=O)c1c(NC(=O)c2ccc(S(=O)(=O)N3CCCCC3)cc2)sc2c1CCN(C)C2.Cl. The molecule has 34 heavy (non-hydrogen) atoms. The molecule has 2 aromatic rings. The fourth-order valence-corrected chi connectivity index (χ4v) is 7.07. The summed E-state index contributed by atoms with van der Waals surface area (Å²) in [4.78, 5) is 29.0. The topological polar surface area (TPSA) is 96.0 Å². The van der Waals surface area contributed by atoms with Crippen molar-refractivity contribution in [2.75, 3.05) is 38.6 Å². The highest BCUT2D eigenvalue weighted by Crippen LogP contribution is 2.37. The number of ether oxygens (including phenoxy) is 1. The quantitative estimate of drug-likeness (QED) is 0.575. The van der Waals surface area contributed by atoms with Gasteiger partial charge in [0.1, 0.15) is 5.00 Å². The van der Waals surface area contributed by atoms with Gasteiger partial charge in [0.05, 0.1) is 17.1 Å². The first-order chi connectivity index (χ1) is 15.8. The highest BCUT2D eigenvalue weighted by atomic mass is 35.5. The molecule has 8 nitrogen and oxygen atoms in total. The summed E-state index contributed by atoms with van der Waals surface area (Å²) in [5, 5.41) is 3.34. The Bertz CT molecular complexity index is 1140. The van der Waals surface area contributed by atoms with E-state index in [9.17, 15) is 18.0 Å². The van der Waals surface area contributed by atoms with Crippen molar-refractivity contribution in [1.29, 1.82) is 0 Å². The van der Waals surface area contributed by atoms with Crippen molar-refractivity contribution in [3.63, 3.8) is 0 Å². The van der Waals surface area contributed by atoms with Gasteiger partial charge in [0, 0.05) is 36.6 Å². The molecule has 186 valence electrons. The van der Waals surface area contributed by atoms with E-state index in [2.05, 4.69) is 10.2 Å². The number of piperidine rings is 1. The predicted octanol–water partition coefficient (Wildman–Crippen LogP) is 3.76. The summed E-state index contributed by atoms with van der Waals surface area (Å²) in [7, 11) is -1.54. The Hall–Kier alpha value is -1.98. The van der Waals surface area contributed by atoms with E-state index >= 15 is 0 Å². The second kappa shape index (κ2) is 11.2. The lowest BCUT2D eigenvalue weighted by molar-refractivity contribution is 0.0526. The van der Waals surface area contributed by atoms with Crippen molar-refractivity contribution in [2.24, 2.45) is 0 Å². The van der Waals surface area contributed by atoms with Crippen molar-refractivity contribution in [2.45, 2.75) is 44.0 Å². The minimum Gasteiger partial charge on any atom is -0.462 e. The smallest absolute Gasteiger partial charge is 0.341 e. The van der Waals surface area contributed by atoms with Gasteiger partial charge in [-0.25, -0.2) is 13.2 Å². The Kier molecular flexibility index (Phi) is 8.75. The maximum atomic E-state index is 13.0. The van der Waals surface area contributed by atoms with Gasteiger partial charge in [0.25, 0.3) is 5.91 Å². The summed E-state index contributed by atoms with van der Waals surface area (Å²) < 4.78 is 32.5. The van der Waals surface area contributed by atoms with Gasteiger partial charge in [-0.3, -0.25) is 4.79 Å². The number of hydrogen-bond acceptors (Lipinski definition) is 7. The van der Waals surface area contributed by atoms with E-state index in [1.807, 2.05) is 7.05 Å². The van der Waals surface area contributed by atoms with E-state index < -0.39 is 21.9 Å². The van der Waals surface area contributed by atoms with Gasteiger partial charge < -0.3 is 15.0 Å². The van der Waals surface area contributed by atoms with Crippen LogP contribution in [0.1, 0.15) is 57.3 Å². The van der Waals surface area contributed by atoms with Crippen LogP contribution in [0.5, 0.6) is 0 Å². The van der Waals surface area contributed by atoms with E-state index in [0.29, 0.717) is 35.8 Å². The molecule has 0 radical (unpaired) electrons. The zero-order chi connectivity index (χ0) is 23.6. The third-order valence-corrected chi connectivity index (χ3v) is 9.07. The fourth-order valence-electron chi connectivity index (χ4n) is 4.25. The number of carbonyl (C=O) groups is 2. The van der Waals surface area contributed by atoms with Gasteiger partial charge in [-0.1, -0.05) is 6.42 Å². The Labute approximate surface area is 210 Å². The van der Waals surface area contributed by atoms with Gasteiger partial charge in [-0.05, 0) is 63.1 Å². The number of anilines is 1. The van der Waals surface area contributed by atoms with Gasteiger partial charge in [-0.15, -0.1) is 23.7 Å². The van der Waals surface area contributed by atoms with Crippen LogP contribution in [0.4, 0.5) is 5.00 Å². The molecule has 1 N–H and O–H groups in total. The monoisotopic (exact) mass is 527 g/mol. The number of fused-ring (bicyclic) bond motifs is 1. The van der Waals surface area contributed by atoms with Gasteiger partial charge >= 0.3 is 5.97 Å². The van der Waals surface area contributed by atoms with Crippen LogP contribution in [0.15, 0.2) is 29.2 Å². The molecule has 0 aliphatic carbocycles. The molecule has 2 aliphatic rings. The second-order valence-electron chi connectivity index (χ2n) is 8.36. The summed E-state index contributed by atoms with van der Waals surface area (Å²) in [5.41, 5.74) is 1.70. The summed E-state index contributed by atoms with van der Waals surface area (Å²) in [6.45, 7) is 4.60. The summed E-state index contributed by atoms with van der Waals surface area (Å²) in [6.07, 6.45) is 3.49. The van der Waals surface area contributed by atoms with Crippen molar-refractivity contribution in [1.82, 2.24) is 9.21 Å². The largest absolute Gasteiger partial charge is 0.462 e. The summed E-state index contributed by atoms with van der Waals surface area (Å²) in [6, 6.07) is 5.97. The molecule has 3 heterocycles. The Balaban J connectivity index is 0.00000324. The Morgan fingerprint density at radius 3 is 2.41 bits per heavy atom. The van der Waals surface area contributed by atoms with Gasteiger partial charge in [-0.2, -0.15) is 4.31 Å². The lowest BCUT2D eigenvalue weighted by atomic mass is 10.0. The van der Waals surface area contributed by atoms with Crippen LogP contribution in [0.25, 0.3) is 0 Å². The molecule has 1 amide bonds. The maximum absolute atomic E-state index is 13.0. The number of rotatable bonds is 6. The number of thiophene rings is 1. The molecular weight excluding hydrogens is 498 g/mol. The number of amides is 1. The molecule has 4 rings (SSSR count). The molecule has 1 aromatic carbocycles. The molecule has 1 fully saturated rings. The number of nitrogens with one attached hydrogen (secondary N) is 1. The molecule has 2 aliphatic heterocycles. The number of likely N-dealkylation sites (N-methyl/N-ethyl adjacent to an activating group) is 1. The van der Waals surface area contributed by atoms with E-state index in [-0.39, 0.29) is 23.9 Å². The zero-order valence-corrected chi connectivity index (χ0v) is 21.8. The van der Waals surface area contributed by atoms with E-state index in [1.165, 1.54) is 39.9 Å². The average molecular weight is 528 g/mol. The van der Waals surface area contributed by atoms with Crippen LogP contribution >= 0.6 is 23.7 Å².